The second-order valence-electron chi connectivity index (χ2n) is 11.2. The number of aromatic amines is 1. The molecule has 3 N–H and O–H groups in total. The van der Waals surface area contributed by atoms with Gasteiger partial charge in [-0.05, 0) is 78.8 Å². The quantitative estimate of drug-likeness (QED) is 0.201. The zero-order valence-corrected chi connectivity index (χ0v) is 23.4. The monoisotopic (exact) mass is 563 g/mol. The van der Waals surface area contributed by atoms with Crippen molar-refractivity contribution in [3.63, 3.8) is 0 Å². The van der Waals surface area contributed by atoms with Crippen molar-refractivity contribution in [2.24, 2.45) is 5.92 Å². The van der Waals surface area contributed by atoms with Crippen molar-refractivity contribution >= 4 is 22.5 Å². The van der Waals surface area contributed by atoms with Gasteiger partial charge in [-0.15, -0.1) is 0 Å². The van der Waals surface area contributed by atoms with E-state index in [9.17, 15) is 14.3 Å². The topological polar surface area (TPSA) is 104 Å². The molecule has 6 rings (SSSR count). The summed E-state index contributed by atoms with van der Waals surface area (Å²) in [6, 6.07) is 17.9. The highest BCUT2D eigenvalue weighted by atomic mass is 19.1. The van der Waals surface area contributed by atoms with Gasteiger partial charge in [-0.1, -0.05) is 50.3 Å². The van der Waals surface area contributed by atoms with Gasteiger partial charge in [-0.25, -0.2) is 4.39 Å². The lowest BCUT2D eigenvalue weighted by Gasteiger charge is -2.16. The zero-order chi connectivity index (χ0) is 28.9. The molecule has 1 aliphatic rings. The Morgan fingerprint density at radius 2 is 1.76 bits per heavy atom. The van der Waals surface area contributed by atoms with Gasteiger partial charge in [-0.3, -0.25) is 19.9 Å². The number of rotatable bonds is 6. The van der Waals surface area contributed by atoms with E-state index in [-0.39, 0.29) is 23.5 Å². The van der Waals surface area contributed by atoms with Crippen molar-refractivity contribution in [3.05, 3.63) is 96.3 Å². The third-order valence-electron chi connectivity index (χ3n) is 8.15. The summed E-state index contributed by atoms with van der Waals surface area (Å²) in [5.41, 5.74) is 5.57. The van der Waals surface area contributed by atoms with E-state index in [0.29, 0.717) is 28.2 Å². The third-order valence-corrected chi connectivity index (χ3v) is 8.15. The van der Waals surface area contributed by atoms with Gasteiger partial charge < -0.3 is 10.4 Å². The summed E-state index contributed by atoms with van der Waals surface area (Å²) in [7, 11) is 0. The molecule has 2 atom stereocenters. The van der Waals surface area contributed by atoms with E-state index in [0.717, 1.165) is 61.6 Å². The molecule has 42 heavy (non-hydrogen) atoms. The van der Waals surface area contributed by atoms with E-state index < -0.39 is 0 Å². The first kappa shape index (κ1) is 27.7. The van der Waals surface area contributed by atoms with Crippen molar-refractivity contribution in [3.8, 4) is 22.4 Å². The van der Waals surface area contributed by atoms with Gasteiger partial charge in [-0.2, -0.15) is 5.10 Å². The van der Waals surface area contributed by atoms with E-state index in [1.165, 1.54) is 24.2 Å². The highest BCUT2D eigenvalue weighted by molar-refractivity contribution is 6.11. The van der Waals surface area contributed by atoms with Gasteiger partial charge in [0.25, 0.3) is 5.91 Å². The van der Waals surface area contributed by atoms with Crippen molar-refractivity contribution in [1.82, 2.24) is 20.2 Å². The summed E-state index contributed by atoms with van der Waals surface area (Å²) in [4.78, 5) is 22.1. The summed E-state index contributed by atoms with van der Waals surface area (Å²) in [5, 5.41) is 20.9. The zero-order valence-electron chi connectivity index (χ0n) is 23.4. The number of benzene rings is 2. The van der Waals surface area contributed by atoms with E-state index in [1.807, 2.05) is 30.6 Å². The van der Waals surface area contributed by atoms with E-state index in [1.54, 1.807) is 30.3 Å². The molecule has 0 saturated heterocycles. The summed E-state index contributed by atoms with van der Waals surface area (Å²) in [6.45, 7) is 0. The van der Waals surface area contributed by atoms with Crippen LogP contribution in [0.3, 0.4) is 0 Å². The fourth-order valence-corrected chi connectivity index (χ4v) is 5.89. The minimum atomic E-state index is -0.365. The number of aromatic nitrogens is 4. The normalized spacial score (nSPS) is 17.8. The molecule has 3 aromatic heterocycles. The van der Waals surface area contributed by atoms with E-state index in [2.05, 4.69) is 31.5 Å². The Hall–Kier alpha value is -4.43. The minimum Gasteiger partial charge on any atom is -0.393 e. The molecular formula is C34H34FN5O2. The van der Waals surface area contributed by atoms with Crippen LogP contribution in [0.15, 0.2) is 79.3 Å². The number of hydrogen-bond donors (Lipinski definition) is 3. The summed E-state index contributed by atoms with van der Waals surface area (Å²) < 4.78 is 14.1. The number of nitrogens with one attached hydrogen (secondary N) is 2. The molecule has 1 saturated carbocycles. The molecule has 0 bridgehead atoms. The minimum absolute atomic E-state index is 0.152. The lowest BCUT2D eigenvalue weighted by atomic mass is 9.90. The molecular weight excluding hydrogens is 529 g/mol. The summed E-state index contributed by atoms with van der Waals surface area (Å²) in [6.07, 6.45) is 13.6. The number of aliphatic hydroxyl groups excluding tert-OH is 1. The fraction of sp³-hybridized carbons (Fsp3) is 0.294. The number of anilines is 1. The highest BCUT2D eigenvalue weighted by Crippen LogP contribution is 2.29. The fourth-order valence-electron chi connectivity index (χ4n) is 5.89. The van der Waals surface area contributed by atoms with Crippen molar-refractivity contribution in [2.75, 3.05) is 5.32 Å². The van der Waals surface area contributed by atoms with Crippen LogP contribution in [0.2, 0.25) is 0 Å². The molecule has 0 spiro atoms. The number of carbonyl (C=O) groups is 1. The number of halogens is 1. The van der Waals surface area contributed by atoms with Gasteiger partial charge in [0.2, 0.25) is 0 Å². The molecule has 0 radical (unpaired) electrons. The molecule has 214 valence electrons. The number of hydrogen-bond acceptors (Lipinski definition) is 5. The third kappa shape index (κ3) is 6.39. The number of nitrogens with zero attached hydrogens (tertiary/aromatic N) is 3. The van der Waals surface area contributed by atoms with Crippen molar-refractivity contribution in [2.45, 2.75) is 57.5 Å². The first-order chi connectivity index (χ1) is 20.5. The number of aliphatic hydroxyl groups is 1. The Balaban J connectivity index is 1.18. The molecule has 1 fully saturated rings. The molecule has 8 heteroatoms. The Morgan fingerprint density at radius 3 is 2.62 bits per heavy atom. The van der Waals surface area contributed by atoms with Gasteiger partial charge in [0.1, 0.15) is 5.82 Å². The first-order valence-electron chi connectivity index (χ1n) is 14.7. The lowest BCUT2D eigenvalue weighted by Crippen LogP contribution is -2.13. The maximum atomic E-state index is 14.1. The Bertz CT molecular complexity index is 1680. The van der Waals surface area contributed by atoms with Crippen LogP contribution >= 0.6 is 0 Å². The lowest BCUT2D eigenvalue weighted by molar-refractivity contribution is 0.102. The largest absolute Gasteiger partial charge is 0.393 e. The SMILES string of the molecule is O=C(Nc1ccc(-c2ccccc2F)nc1)c1n[nH]c2ccc(-c3cncc(CC4CCCCC(O)CCC4)c3)cc12. The van der Waals surface area contributed by atoms with Crippen LogP contribution in [0.4, 0.5) is 10.1 Å². The predicted octanol–water partition coefficient (Wildman–Crippen LogP) is 7.34. The van der Waals surface area contributed by atoms with Gasteiger partial charge in [0.05, 0.1) is 29.2 Å². The van der Waals surface area contributed by atoms with Crippen LogP contribution in [0.1, 0.15) is 61.0 Å². The smallest absolute Gasteiger partial charge is 0.276 e. The van der Waals surface area contributed by atoms with Crippen LogP contribution < -0.4 is 5.32 Å². The second kappa shape index (κ2) is 12.6. The molecule has 3 heterocycles. The van der Waals surface area contributed by atoms with Crippen LogP contribution in [-0.4, -0.2) is 37.3 Å². The average Bonchev–Trinajstić information content (AvgIpc) is 3.47. The van der Waals surface area contributed by atoms with Crippen LogP contribution in [0.25, 0.3) is 33.3 Å². The number of fused-ring (bicyclic) bond motifs is 1. The Morgan fingerprint density at radius 1 is 0.929 bits per heavy atom. The van der Waals surface area contributed by atoms with Crippen LogP contribution in [-0.2, 0) is 6.42 Å². The molecule has 0 aliphatic heterocycles. The molecule has 7 nitrogen and oxygen atoms in total. The highest BCUT2D eigenvalue weighted by Gasteiger charge is 2.18. The van der Waals surface area contributed by atoms with Crippen molar-refractivity contribution in [1.29, 1.82) is 0 Å². The van der Waals surface area contributed by atoms with E-state index >= 15 is 0 Å². The summed E-state index contributed by atoms with van der Waals surface area (Å²) in [5.74, 6) is -0.123. The Labute approximate surface area is 244 Å². The molecule has 2 unspecified atom stereocenters. The molecule has 2 aromatic carbocycles. The molecule has 1 amide bonds. The molecule has 5 aromatic rings. The number of amides is 1. The number of H-pyrrole nitrogens is 1. The van der Waals surface area contributed by atoms with Gasteiger partial charge >= 0.3 is 0 Å². The standard InChI is InChI=1S/C34H34FN5O2/c35-30-11-4-3-10-28(30)31-15-13-26(21-37-31)38-34(42)33-29-18-24(12-14-32(29)39-40-33)25-17-23(19-36-20-25)16-22-6-1-2-8-27(41)9-5-7-22/h3-4,10-15,17-22,27,41H,1-2,5-9,16H2,(H,38,42)(H,39,40). The first-order valence-corrected chi connectivity index (χ1v) is 14.7. The van der Waals surface area contributed by atoms with Crippen LogP contribution in [0, 0.1) is 11.7 Å². The van der Waals surface area contributed by atoms with Crippen molar-refractivity contribution < 1.29 is 14.3 Å². The predicted molar refractivity (Wildman–Crippen MR) is 162 cm³/mol. The van der Waals surface area contributed by atoms with Gasteiger partial charge in [0, 0.05) is 28.9 Å². The number of pyridine rings is 2. The van der Waals surface area contributed by atoms with E-state index in [4.69, 9.17) is 0 Å². The maximum Gasteiger partial charge on any atom is 0.276 e. The van der Waals surface area contributed by atoms with Gasteiger partial charge in [0.15, 0.2) is 5.69 Å². The second-order valence-corrected chi connectivity index (χ2v) is 11.2. The van der Waals surface area contributed by atoms with Crippen LogP contribution in [0.5, 0.6) is 0 Å². The summed E-state index contributed by atoms with van der Waals surface area (Å²) >= 11 is 0. The molecule has 1 aliphatic carbocycles. The number of carbonyl (C=O) groups excluding carboxylic acids is 1. The maximum absolute atomic E-state index is 14.1. The average molecular weight is 564 g/mol. The Kier molecular flexibility index (Phi) is 8.33.